The molecule has 2 heteroatoms. The molecule has 0 aliphatic heterocycles. The molecule has 1 nitrogen and oxygen atoms in total. The monoisotopic (exact) mass is 238 g/mol. The van der Waals surface area contributed by atoms with Crippen LogP contribution in [-0.4, -0.2) is 7.11 Å². The highest BCUT2D eigenvalue weighted by molar-refractivity contribution is 9.10. The van der Waals surface area contributed by atoms with Gasteiger partial charge in [0.25, 0.3) is 0 Å². The van der Waals surface area contributed by atoms with Crippen molar-refractivity contribution in [2.75, 3.05) is 7.11 Å². The van der Waals surface area contributed by atoms with Crippen LogP contribution in [0.15, 0.2) is 22.2 Å². The van der Waals surface area contributed by atoms with Gasteiger partial charge in [-0.25, -0.2) is 0 Å². The van der Waals surface area contributed by atoms with Gasteiger partial charge in [0.2, 0.25) is 0 Å². The highest BCUT2D eigenvalue weighted by Gasteiger charge is 2.13. The normalized spacial score (nSPS) is 13.9. The lowest BCUT2D eigenvalue weighted by atomic mass is 10.1. The quantitative estimate of drug-likeness (QED) is 0.729. The van der Waals surface area contributed by atoms with Crippen molar-refractivity contribution in [3.63, 3.8) is 0 Å². The van der Waals surface area contributed by atoms with E-state index in [1.54, 1.807) is 7.11 Å². The van der Waals surface area contributed by atoms with Crippen molar-refractivity contribution >= 4 is 22.0 Å². The van der Waals surface area contributed by atoms with Gasteiger partial charge >= 0.3 is 0 Å². The number of fused-ring (bicyclic) bond motifs is 1. The molecule has 0 saturated heterocycles. The molecule has 68 valence electrons. The molecule has 0 amide bonds. The Balaban J connectivity index is 2.53. The highest BCUT2D eigenvalue weighted by Crippen LogP contribution is 2.34. The number of halogens is 1. The molecule has 1 aliphatic carbocycles. The van der Waals surface area contributed by atoms with E-state index in [4.69, 9.17) is 4.74 Å². The Hall–Kier alpha value is -0.760. The molecule has 0 spiro atoms. The summed E-state index contributed by atoms with van der Waals surface area (Å²) in [5.41, 5.74) is 4.06. The molecule has 1 aromatic carbocycles. The van der Waals surface area contributed by atoms with Crippen molar-refractivity contribution in [1.29, 1.82) is 0 Å². The van der Waals surface area contributed by atoms with Gasteiger partial charge in [0.15, 0.2) is 0 Å². The second kappa shape index (κ2) is 3.18. The molecule has 0 bridgehead atoms. The lowest BCUT2D eigenvalue weighted by Crippen LogP contribution is -1.88. The second-order valence-corrected chi connectivity index (χ2v) is 4.20. The molecular formula is C11H11BrO. The van der Waals surface area contributed by atoms with Gasteiger partial charge in [0, 0.05) is 4.47 Å². The van der Waals surface area contributed by atoms with E-state index in [2.05, 4.69) is 35.0 Å². The predicted molar refractivity (Wildman–Crippen MR) is 58.0 cm³/mol. The molecule has 1 aromatic rings. The minimum atomic E-state index is 0.925. The van der Waals surface area contributed by atoms with Crippen molar-refractivity contribution in [2.24, 2.45) is 0 Å². The molecule has 0 fully saturated rings. The molecule has 1 aliphatic rings. The van der Waals surface area contributed by atoms with Crippen LogP contribution in [0.2, 0.25) is 0 Å². The molecule has 0 N–H and O–H groups in total. The Labute approximate surface area is 86.5 Å². The van der Waals surface area contributed by atoms with Gasteiger partial charge in [-0.05, 0) is 36.6 Å². The fourth-order valence-corrected chi connectivity index (χ4v) is 2.27. The summed E-state index contributed by atoms with van der Waals surface area (Å²) in [6, 6.07) is 4.11. The van der Waals surface area contributed by atoms with Gasteiger partial charge in [-0.15, -0.1) is 0 Å². The number of methoxy groups -OCH3 is 1. The van der Waals surface area contributed by atoms with Crippen molar-refractivity contribution in [1.82, 2.24) is 0 Å². The average Bonchev–Trinajstić information content (AvgIpc) is 2.46. The summed E-state index contributed by atoms with van der Waals surface area (Å²) in [7, 11) is 1.70. The molecule has 13 heavy (non-hydrogen) atoms. The molecule has 0 radical (unpaired) electrons. The van der Waals surface area contributed by atoms with Crippen molar-refractivity contribution in [3.8, 4) is 5.75 Å². The van der Waals surface area contributed by atoms with Crippen LogP contribution in [0.25, 0.3) is 6.08 Å². The minimum Gasteiger partial charge on any atom is -0.497 e. The van der Waals surface area contributed by atoms with E-state index in [-0.39, 0.29) is 0 Å². The van der Waals surface area contributed by atoms with E-state index in [1.165, 1.54) is 16.7 Å². The first-order valence-electron chi connectivity index (χ1n) is 4.24. The summed E-state index contributed by atoms with van der Waals surface area (Å²) >= 11 is 3.54. The average molecular weight is 239 g/mol. The van der Waals surface area contributed by atoms with Crippen molar-refractivity contribution < 1.29 is 4.74 Å². The van der Waals surface area contributed by atoms with Crippen LogP contribution < -0.4 is 4.74 Å². The van der Waals surface area contributed by atoms with E-state index in [1.807, 2.05) is 6.07 Å². The second-order valence-electron chi connectivity index (χ2n) is 3.35. The third-order valence-corrected chi connectivity index (χ3v) is 2.94. The summed E-state index contributed by atoms with van der Waals surface area (Å²) in [5, 5.41) is 0. The Morgan fingerprint density at radius 1 is 1.38 bits per heavy atom. The summed E-state index contributed by atoms with van der Waals surface area (Å²) in [6.45, 7) is 2.15. The number of hydrogen-bond donors (Lipinski definition) is 0. The van der Waals surface area contributed by atoms with E-state index in [0.717, 1.165) is 16.6 Å². The lowest BCUT2D eigenvalue weighted by molar-refractivity contribution is 0.414. The zero-order valence-electron chi connectivity index (χ0n) is 7.73. The van der Waals surface area contributed by atoms with E-state index in [0.29, 0.717) is 0 Å². The summed E-state index contributed by atoms with van der Waals surface area (Å²) in [4.78, 5) is 0. The van der Waals surface area contributed by atoms with Crippen LogP contribution >= 0.6 is 15.9 Å². The van der Waals surface area contributed by atoms with Gasteiger partial charge in [-0.1, -0.05) is 27.6 Å². The fraction of sp³-hybridized carbons (Fsp3) is 0.273. The first-order chi connectivity index (χ1) is 6.20. The third-order valence-electron chi connectivity index (χ3n) is 2.28. The Morgan fingerprint density at radius 3 is 2.85 bits per heavy atom. The minimum absolute atomic E-state index is 0.925. The van der Waals surface area contributed by atoms with Gasteiger partial charge in [-0.3, -0.25) is 0 Å². The van der Waals surface area contributed by atoms with Crippen LogP contribution in [-0.2, 0) is 6.42 Å². The van der Waals surface area contributed by atoms with Crippen molar-refractivity contribution in [3.05, 3.63) is 33.3 Å². The van der Waals surface area contributed by atoms with E-state index in [9.17, 15) is 0 Å². The summed E-state index contributed by atoms with van der Waals surface area (Å²) < 4.78 is 6.33. The molecule has 0 saturated carbocycles. The standard InChI is InChI=1S/C11H11BrO/c1-7-3-8-5-9(13-2)6-11(12)10(8)4-7/h4-6H,3H2,1-2H3. The van der Waals surface area contributed by atoms with E-state index < -0.39 is 0 Å². The van der Waals surface area contributed by atoms with Crippen LogP contribution in [0.3, 0.4) is 0 Å². The number of hydrogen-bond acceptors (Lipinski definition) is 1. The SMILES string of the molecule is COc1cc(Br)c2c(c1)CC(C)=C2. The molecule has 0 atom stereocenters. The maximum atomic E-state index is 5.20. The Bertz CT molecular complexity index is 380. The Morgan fingerprint density at radius 2 is 2.15 bits per heavy atom. The Kier molecular flexibility index (Phi) is 2.16. The van der Waals surface area contributed by atoms with Gasteiger partial charge in [0.1, 0.15) is 5.75 Å². The fourth-order valence-electron chi connectivity index (χ4n) is 1.67. The van der Waals surface area contributed by atoms with Crippen LogP contribution in [0.4, 0.5) is 0 Å². The molecule has 2 rings (SSSR count). The third kappa shape index (κ3) is 1.51. The van der Waals surface area contributed by atoms with Gasteiger partial charge in [0.05, 0.1) is 7.11 Å². The zero-order valence-corrected chi connectivity index (χ0v) is 9.31. The number of benzene rings is 1. The van der Waals surface area contributed by atoms with Gasteiger partial charge < -0.3 is 4.74 Å². The highest BCUT2D eigenvalue weighted by atomic mass is 79.9. The van der Waals surface area contributed by atoms with Crippen molar-refractivity contribution in [2.45, 2.75) is 13.3 Å². The first kappa shape index (κ1) is 8.82. The van der Waals surface area contributed by atoms with Crippen LogP contribution in [0.5, 0.6) is 5.75 Å². The number of rotatable bonds is 1. The summed E-state index contributed by atoms with van der Waals surface area (Å²) in [6.07, 6.45) is 3.27. The number of ether oxygens (including phenoxy) is 1. The smallest absolute Gasteiger partial charge is 0.120 e. The topological polar surface area (TPSA) is 9.23 Å². The van der Waals surface area contributed by atoms with Crippen LogP contribution in [0.1, 0.15) is 18.1 Å². The predicted octanol–water partition coefficient (Wildman–Crippen LogP) is 3.42. The molecular weight excluding hydrogens is 228 g/mol. The zero-order chi connectivity index (χ0) is 9.42. The van der Waals surface area contributed by atoms with Crippen LogP contribution in [0, 0.1) is 0 Å². The maximum Gasteiger partial charge on any atom is 0.120 e. The largest absolute Gasteiger partial charge is 0.497 e. The molecule has 0 unspecified atom stereocenters. The lowest BCUT2D eigenvalue weighted by Gasteiger charge is -2.05. The first-order valence-corrected chi connectivity index (χ1v) is 5.03. The summed E-state index contributed by atoms with van der Waals surface area (Å²) in [5.74, 6) is 0.925. The molecule has 0 aromatic heterocycles. The number of allylic oxidation sites excluding steroid dienone is 1. The van der Waals surface area contributed by atoms with E-state index >= 15 is 0 Å². The van der Waals surface area contributed by atoms with Gasteiger partial charge in [-0.2, -0.15) is 0 Å². The molecule has 0 heterocycles. The maximum absolute atomic E-state index is 5.20.